The third-order valence-corrected chi connectivity index (χ3v) is 4.34. The van der Waals surface area contributed by atoms with E-state index in [4.69, 9.17) is 4.74 Å². The van der Waals surface area contributed by atoms with Gasteiger partial charge in [0.2, 0.25) is 0 Å². The molecule has 1 saturated heterocycles. The van der Waals surface area contributed by atoms with E-state index in [1.807, 2.05) is 6.92 Å². The van der Waals surface area contributed by atoms with Crippen molar-refractivity contribution in [3.8, 4) is 5.75 Å². The monoisotopic (exact) mass is 344 g/mol. The summed E-state index contributed by atoms with van der Waals surface area (Å²) < 4.78 is 46.8. The largest absolute Gasteiger partial charge is 0.573 e. The summed E-state index contributed by atoms with van der Waals surface area (Å²) in [6.07, 6.45) is -3.43. The molecule has 8 heteroatoms. The molecule has 0 unspecified atom stereocenters. The number of rotatable bonds is 4. The van der Waals surface area contributed by atoms with E-state index in [9.17, 15) is 18.0 Å². The molecular weight excluding hydrogens is 325 g/mol. The van der Waals surface area contributed by atoms with Crippen LogP contribution in [0, 0.1) is 0 Å². The summed E-state index contributed by atoms with van der Waals surface area (Å²) in [5.41, 5.74) is 0.456. The first-order valence-electron chi connectivity index (χ1n) is 7.87. The third-order valence-electron chi connectivity index (χ3n) is 4.34. The van der Waals surface area contributed by atoms with E-state index in [1.54, 1.807) is 12.1 Å². The normalized spacial score (nSPS) is 29.2. The number of para-hydroxylation sites is 1. The maximum absolute atomic E-state index is 12.5. The number of nitrogens with one attached hydrogen (secondary N) is 2. The molecule has 1 saturated carbocycles. The van der Waals surface area contributed by atoms with Crippen LogP contribution in [0.5, 0.6) is 5.75 Å². The number of amides is 2. The van der Waals surface area contributed by atoms with Gasteiger partial charge < -0.3 is 20.1 Å². The van der Waals surface area contributed by atoms with Crippen molar-refractivity contribution in [2.75, 3.05) is 6.61 Å². The molecule has 1 heterocycles. The van der Waals surface area contributed by atoms with Crippen molar-refractivity contribution in [1.29, 1.82) is 0 Å². The number of hydrogen-bond acceptors (Lipinski definition) is 3. The van der Waals surface area contributed by atoms with Gasteiger partial charge in [0.05, 0.1) is 12.1 Å². The molecule has 132 valence electrons. The Hall–Kier alpha value is -1.96. The zero-order valence-corrected chi connectivity index (χ0v) is 13.1. The number of carbonyl (C=O) groups excluding carboxylic acids is 1. The highest BCUT2D eigenvalue weighted by atomic mass is 19.4. The summed E-state index contributed by atoms with van der Waals surface area (Å²) in [7, 11) is 0. The minimum absolute atomic E-state index is 0.0355. The fourth-order valence-electron chi connectivity index (χ4n) is 3.00. The fourth-order valence-corrected chi connectivity index (χ4v) is 3.00. The van der Waals surface area contributed by atoms with Gasteiger partial charge in [0, 0.05) is 18.6 Å². The van der Waals surface area contributed by atoms with Gasteiger partial charge in [-0.15, -0.1) is 13.2 Å². The zero-order valence-electron chi connectivity index (χ0n) is 13.1. The molecular formula is C16H19F3N2O3. The molecule has 2 amide bonds. The highest BCUT2D eigenvalue weighted by molar-refractivity contribution is 5.75. The van der Waals surface area contributed by atoms with E-state index < -0.39 is 6.36 Å². The van der Waals surface area contributed by atoms with E-state index in [2.05, 4.69) is 15.4 Å². The molecule has 1 aromatic rings. The fraction of sp³-hybridized carbons (Fsp3) is 0.562. The number of alkyl halides is 3. The summed E-state index contributed by atoms with van der Waals surface area (Å²) in [6, 6.07) is 5.48. The van der Waals surface area contributed by atoms with Gasteiger partial charge in [0.25, 0.3) is 0 Å². The average molecular weight is 344 g/mol. The van der Waals surface area contributed by atoms with Crippen molar-refractivity contribution in [2.45, 2.75) is 50.2 Å². The quantitative estimate of drug-likeness (QED) is 0.883. The van der Waals surface area contributed by atoms with Gasteiger partial charge in [-0.25, -0.2) is 4.79 Å². The Balaban J connectivity index is 1.56. The molecule has 1 aromatic carbocycles. The molecule has 24 heavy (non-hydrogen) atoms. The maximum atomic E-state index is 12.5. The van der Waals surface area contributed by atoms with E-state index in [1.165, 1.54) is 12.1 Å². The van der Waals surface area contributed by atoms with Crippen LogP contribution in [-0.2, 0) is 4.74 Å². The molecule has 2 aliphatic rings. The van der Waals surface area contributed by atoms with Crippen molar-refractivity contribution in [1.82, 2.24) is 10.6 Å². The van der Waals surface area contributed by atoms with Crippen LogP contribution < -0.4 is 15.4 Å². The van der Waals surface area contributed by atoms with Gasteiger partial charge in [-0.2, -0.15) is 0 Å². The molecule has 2 fully saturated rings. The van der Waals surface area contributed by atoms with Crippen LogP contribution >= 0.6 is 0 Å². The predicted molar refractivity (Wildman–Crippen MR) is 79.8 cm³/mol. The lowest BCUT2D eigenvalue weighted by molar-refractivity contribution is -0.274. The number of ether oxygens (including phenoxy) is 2. The standard InChI is InChI=1S/C16H19F3N2O3/c1-9-12(6-7-23-9)20-15(22)21-13-8-11(13)10-4-2-3-5-14(10)24-16(17,18)19/h2-5,9,11-13H,6-8H2,1H3,(H2,20,21,22)/t9-,11+,12-,13+/m0/s1. The van der Waals surface area contributed by atoms with Crippen molar-refractivity contribution >= 4 is 6.03 Å². The van der Waals surface area contributed by atoms with Gasteiger partial charge in [0.1, 0.15) is 5.75 Å². The summed E-state index contributed by atoms with van der Waals surface area (Å²) in [4.78, 5) is 12.0. The second-order valence-corrected chi connectivity index (χ2v) is 6.12. The van der Waals surface area contributed by atoms with Crippen molar-refractivity contribution in [3.05, 3.63) is 29.8 Å². The van der Waals surface area contributed by atoms with E-state index in [0.717, 1.165) is 6.42 Å². The first kappa shape index (κ1) is 16.9. The number of hydrogen-bond donors (Lipinski definition) is 2. The van der Waals surface area contributed by atoms with Gasteiger partial charge in [0.15, 0.2) is 0 Å². The second-order valence-electron chi connectivity index (χ2n) is 6.12. The molecule has 1 aliphatic carbocycles. The highest BCUT2D eigenvalue weighted by Gasteiger charge is 2.43. The van der Waals surface area contributed by atoms with Crippen molar-refractivity contribution in [3.63, 3.8) is 0 Å². The van der Waals surface area contributed by atoms with Crippen LogP contribution in [0.2, 0.25) is 0 Å². The Kier molecular flexibility index (Phi) is 4.58. The summed E-state index contributed by atoms with van der Waals surface area (Å²) >= 11 is 0. The Morgan fingerprint density at radius 1 is 1.25 bits per heavy atom. The molecule has 5 nitrogen and oxygen atoms in total. The maximum Gasteiger partial charge on any atom is 0.573 e. The average Bonchev–Trinajstić information content (AvgIpc) is 3.12. The first-order valence-corrected chi connectivity index (χ1v) is 7.87. The predicted octanol–water partition coefficient (Wildman–Crippen LogP) is 2.92. The minimum atomic E-state index is -4.73. The molecule has 4 atom stereocenters. The molecule has 2 N–H and O–H groups in total. The number of halogens is 3. The number of urea groups is 1. The first-order chi connectivity index (χ1) is 11.3. The lowest BCUT2D eigenvalue weighted by atomic mass is 10.1. The third kappa shape index (κ3) is 4.11. The van der Waals surface area contributed by atoms with Crippen LogP contribution in [0.4, 0.5) is 18.0 Å². The van der Waals surface area contributed by atoms with Crippen LogP contribution in [0.25, 0.3) is 0 Å². The molecule has 0 radical (unpaired) electrons. The minimum Gasteiger partial charge on any atom is -0.405 e. The van der Waals surface area contributed by atoms with Crippen LogP contribution in [-0.4, -0.2) is 37.2 Å². The van der Waals surface area contributed by atoms with E-state index in [-0.39, 0.29) is 35.9 Å². The molecule has 0 spiro atoms. The summed E-state index contributed by atoms with van der Waals surface area (Å²) in [5.74, 6) is -0.385. The molecule has 0 aromatic heterocycles. The number of benzene rings is 1. The zero-order chi connectivity index (χ0) is 17.3. The van der Waals surface area contributed by atoms with Gasteiger partial charge >= 0.3 is 12.4 Å². The SMILES string of the molecule is C[C@@H]1OCC[C@@H]1NC(=O)N[C@@H]1C[C@@H]1c1ccccc1OC(F)(F)F. The van der Waals surface area contributed by atoms with Crippen LogP contribution in [0.1, 0.15) is 31.2 Å². The smallest absolute Gasteiger partial charge is 0.405 e. The summed E-state index contributed by atoms with van der Waals surface area (Å²) in [5, 5.41) is 5.64. The Labute approximate surface area is 137 Å². The number of carbonyl (C=O) groups is 1. The van der Waals surface area contributed by atoms with Gasteiger partial charge in [-0.1, -0.05) is 18.2 Å². The van der Waals surface area contributed by atoms with Crippen LogP contribution in [0.3, 0.4) is 0 Å². The topological polar surface area (TPSA) is 59.6 Å². The van der Waals surface area contributed by atoms with Gasteiger partial charge in [-0.3, -0.25) is 0 Å². The summed E-state index contributed by atoms with van der Waals surface area (Å²) in [6.45, 7) is 2.50. The second kappa shape index (κ2) is 6.51. The lowest BCUT2D eigenvalue weighted by Gasteiger charge is -2.17. The van der Waals surface area contributed by atoms with Crippen molar-refractivity contribution < 1.29 is 27.4 Å². The Morgan fingerprint density at radius 3 is 2.62 bits per heavy atom. The van der Waals surface area contributed by atoms with E-state index in [0.29, 0.717) is 18.6 Å². The van der Waals surface area contributed by atoms with E-state index >= 15 is 0 Å². The molecule has 0 bridgehead atoms. The Bertz CT molecular complexity index is 608. The van der Waals surface area contributed by atoms with Gasteiger partial charge in [-0.05, 0) is 31.4 Å². The van der Waals surface area contributed by atoms with Crippen molar-refractivity contribution in [2.24, 2.45) is 0 Å². The lowest BCUT2D eigenvalue weighted by Crippen LogP contribution is -2.45. The molecule has 3 rings (SSSR count). The molecule has 1 aliphatic heterocycles. The van der Waals surface area contributed by atoms with Crippen LogP contribution in [0.15, 0.2) is 24.3 Å². The Morgan fingerprint density at radius 2 is 1.96 bits per heavy atom. The highest BCUT2D eigenvalue weighted by Crippen LogP contribution is 2.45.